The van der Waals surface area contributed by atoms with Gasteiger partial charge >= 0.3 is 0 Å². The van der Waals surface area contributed by atoms with Crippen LogP contribution >= 0.6 is 0 Å². The molecular formula is C71H137NO4. The first kappa shape index (κ1) is 74.6. The molecule has 0 spiro atoms. The van der Waals surface area contributed by atoms with Gasteiger partial charge in [-0.3, -0.25) is 4.79 Å². The molecule has 0 fully saturated rings. The lowest BCUT2D eigenvalue weighted by atomic mass is 10.0. The maximum absolute atomic E-state index is 12.6. The Hall–Kier alpha value is -1.43. The molecule has 0 saturated heterocycles. The molecule has 0 saturated carbocycles. The number of unbranched alkanes of at least 4 members (excludes halogenated alkanes) is 53. The van der Waals surface area contributed by atoms with E-state index in [-0.39, 0.29) is 6.61 Å². The zero-order valence-corrected chi connectivity index (χ0v) is 51.7. The van der Waals surface area contributed by atoms with Crippen LogP contribution in [0.5, 0.6) is 0 Å². The van der Waals surface area contributed by atoms with Crippen LogP contribution in [0.4, 0.5) is 0 Å². The number of carbonyl (C=O) groups is 1. The molecule has 3 atom stereocenters. The molecule has 0 aromatic heterocycles. The summed E-state index contributed by atoms with van der Waals surface area (Å²) in [5, 5.41) is 33.5. The zero-order valence-electron chi connectivity index (χ0n) is 51.7. The van der Waals surface area contributed by atoms with Crippen LogP contribution in [0.15, 0.2) is 36.5 Å². The van der Waals surface area contributed by atoms with Crippen molar-refractivity contribution in [3.05, 3.63) is 36.5 Å². The zero-order chi connectivity index (χ0) is 55.0. The number of amides is 1. The molecule has 76 heavy (non-hydrogen) atoms. The molecule has 0 heterocycles. The van der Waals surface area contributed by atoms with Gasteiger partial charge in [0.05, 0.1) is 18.8 Å². The molecular weight excluding hydrogens is 931 g/mol. The van der Waals surface area contributed by atoms with Gasteiger partial charge in [0.25, 0.3) is 0 Å². The van der Waals surface area contributed by atoms with Crippen LogP contribution in [0.3, 0.4) is 0 Å². The molecule has 0 aliphatic rings. The van der Waals surface area contributed by atoms with Gasteiger partial charge in [-0.25, -0.2) is 0 Å². The highest BCUT2D eigenvalue weighted by atomic mass is 16.3. The van der Waals surface area contributed by atoms with E-state index in [1.54, 1.807) is 6.08 Å². The fraction of sp³-hybridized carbons (Fsp3) is 0.901. The highest BCUT2D eigenvalue weighted by molar-refractivity contribution is 5.80. The number of aliphatic hydroxyl groups excluding tert-OH is 3. The van der Waals surface area contributed by atoms with Crippen molar-refractivity contribution in [3.8, 4) is 0 Å². The van der Waals surface area contributed by atoms with Gasteiger partial charge in [-0.05, 0) is 44.9 Å². The molecule has 0 radical (unpaired) electrons. The Morgan fingerprint density at radius 2 is 0.539 bits per heavy atom. The van der Waals surface area contributed by atoms with E-state index in [4.69, 9.17) is 0 Å². The second-order valence-electron chi connectivity index (χ2n) is 24.1. The van der Waals surface area contributed by atoms with Crippen molar-refractivity contribution in [2.45, 2.75) is 405 Å². The summed E-state index contributed by atoms with van der Waals surface area (Å²) in [6.07, 6.45) is 88.7. The number of nitrogens with one attached hydrogen (secondary N) is 1. The van der Waals surface area contributed by atoms with Crippen LogP contribution in [0.2, 0.25) is 0 Å². The Morgan fingerprint density at radius 3 is 0.803 bits per heavy atom. The van der Waals surface area contributed by atoms with Gasteiger partial charge < -0.3 is 20.6 Å². The Morgan fingerprint density at radius 1 is 0.316 bits per heavy atom. The predicted molar refractivity (Wildman–Crippen MR) is 338 cm³/mol. The van der Waals surface area contributed by atoms with E-state index in [1.807, 2.05) is 6.08 Å². The van der Waals surface area contributed by atoms with E-state index in [9.17, 15) is 20.1 Å². The van der Waals surface area contributed by atoms with Crippen molar-refractivity contribution in [3.63, 3.8) is 0 Å². The van der Waals surface area contributed by atoms with Crippen molar-refractivity contribution in [1.29, 1.82) is 0 Å². The normalized spacial score (nSPS) is 13.3. The van der Waals surface area contributed by atoms with Crippen LogP contribution in [0.1, 0.15) is 386 Å². The van der Waals surface area contributed by atoms with E-state index in [2.05, 4.69) is 43.5 Å². The lowest BCUT2D eigenvalue weighted by Gasteiger charge is -2.21. The first-order valence-electron chi connectivity index (χ1n) is 34.8. The molecule has 4 N–H and O–H groups in total. The summed E-state index contributed by atoms with van der Waals surface area (Å²) >= 11 is 0. The number of aliphatic hydroxyl groups is 3. The quantitative estimate of drug-likeness (QED) is 0.0361. The first-order chi connectivity index (χ1) is 37.6. The summed E-state index contributed by atoms with van der Waals surface area (Å²) in [5.74, 6) is -0.510. The Kier molecular flexibility index (Phi) is 64.8. The van der Waals surface area contributed by atoms with Gasteiger partial charge in [-0.2, -0.15) is 0 Å². The summed E-state index contributed by atoms with van der Waals surface area (Å²) in [6.45, 7) is 4.22. The number of hydrogen-bond acceptors (Lipinski definition) is 4. The Balaban J connectivity index is 3.49. The monoisotopic (exact) mass is 1070 g/mol. The molecule has 0 rings (SSSR count). The predicted octanol–water partition coefficient (Wildman–Crippen LogP) is 22.5. The van der Waals surface area contributed by atoms with E-state index >= 15 is 0 Å². The van der Waals surface area contributed by atoms with E-state index in [0.29, 0.717) is 6.42 Å². The van der Waals surface area contributed by atoms with Gasteiger partial charge in [-0.1, -0.05) is 378 Å². The highest BCUT2D eigenvalue weighted by Crippen LogP contribution is 2.19. The Labute approximate surface area is 476 Å². The minimum atomic E-state index is -1.11. The number of carbonyl (C=O) groups excluding carboxylic acids is 1. The van der Waals surface area contributed by atoms with E-state index in [0.717, 1.165) is 44.9 Å². The molecule has 1 amide bonds. The second-order valence-corrected chi connectivity index (χ2v) is 24.1. The third-order valence-electron chi connectivity index (χ3n) is 16.5. The number of allylic oxidation sites excluding steroid dienone is 5. The van der Waals surface area contributed by atoms with Crippen LogP contribution in [0.25, 0.3) is 0 Å². The summed E-state index contributed by atoms with van der Waals surface area (Å²) in [5.41, 5.74) is 0. The fourth-order valence-electron chi connectivity index (χ4n) is 11.1. The lowest BCUT2D eigenvalue weighted by molar-refractivity contribution is -0.131. The molecule has 5 heteroatoms. The maximum Gasteiger partial charge on any atom is 0.249 e. The topological polar surface area (TPSA) is 89.8 Å². The largest absolute Gasteiger partial charge is 0.394 e. The van der Waals surface area contributed by atoms with E-state index in [1.165, 1.54) is 321 Å². The van der Waals surface area contributed by atoms with Crippen molar-refractivity contribution in [1.82, 2.24) is 5.32 Å². The van der Waals surface area contributed by atoms with E-state index < -0.39 is 24.2 Å². The molecule has 0 aliphatic carbocycles. The minimum Gasteiger partial charge on any atom is -0.394 e. The summed E-state index contributed by atoms with van der Waals surface area (Å²) in [4.78, 5) is 12.6. The van der Waals surface area contributed by atoms with Crippen molar-refractivity contribution < 1.29 is 20.1 Å². The van der Waals surface area contributed by atoms with Crippen LogP contribution < -0.4 is 5.32 Å². The molecule has 450 valence electrons. The van der Waals surface area contributed by atoms with Crippen molar-refractivity contribution in [2.24, 2.45) is 0 Å². The molecule has 0 bridgehead atoms. The Bertz CT molecular complexity index is 1180. The SMILES string of the molecule is CCCCCCCCCCCCCCCC/C=C/CC/C=C/CC/C=C/C(O)C(CO)NC(=O)C(O)CCCCCCCCCCCCCCCCCCCCCCCCCCCCCCCCCCCCCCCC. The molecule has 0 aromatic carbocycles. The average Bonchev–Trinajstić information content (AvgIpc) is 3.42. The summed E-state index contributed by atoms with van der Waals surface area (Å²) in [6, 6.07) is -0.821. The third-order valence-corrected chi connectivity index (χ3v) is 16.5. The summed E-state index contributed by atoms with van der Waals surface area (Å²) in [7, 11) is 0. The van der Waals surface area contributed by atoms with Gasteiger partial charge in [-0.15, -0.1) is 0 Å². The van der Waals surface area contributed by atoms with Crippen LogP contribution in [-0.4, -0.2) is 46.1 Å². The van der Waals surface area contributed by atoms with Gasteiger partial charge in [0.15, 0.2) is 0 Å². The fourth-order valence-corrected chi connectivity index (χ4v) is 11.1. The number of rotatable bonds is 65. The molecule has 0 aromatic rings. The van der Waals surface area contributed by atoms with Gasteiger partial charge in [0, 0.05) is 0 Å². The van der Waals surface area contributed by atoms with Crippen molar-refractivity contribution >= 4 is 5.91 Å². The smallest absolute Gasteiger partial charge is 0.249 e. The van der Waals surface area contributed by atoms with Crippen LogP contribution in [-0.2, 0) is 4.79 Å². The first-order valence-corrected chi connectivity index (χ1v) is 34.8. The average molecular weight is 1070 g/mol. The minimum absolute atomic E-state index is 0.378. The third kappa shape index (κ3) is 60.2. The standard InChI is InChI=1S/C71H137NO4/c1-3-5-7-9-11-13-15-17-19-21-23-25-27-29-30-31-32-33-34-35-36-37-38-39-40-41-42-44-46-48-50-52-54-56-58-60-62-64-66-70(75)71(76)72-68(67-73)69(74)65-63-61-59-57-55-53-51-49-47-45-43-28-26-24-22-20-18-16-14-12-10-8-6-4-2/h47,49,55,57,63,65,68-70,73-75H,3-46,48,50-54,56,58-62,64,66-67H2,1-2H3,(H,72,76)/b49-47+,57-55+,65-63+. The summed E-state index contributed by atoms with van der Waals surface area (Å²) < 4.78 is 0. The molecule has 3 unspecified atom stereocenters. The van der Waals surface area contributed by atoms with Crippen LogP contribution in [0, 0.1) is 0 Å². The highest BCUT2D eigenvalue weighted by Gasteiger charge is 2.22. The van der Waals surface area contributed by atoms with Gasteiger partial charge in [0.2, 0.25) is 5.91 Å². The molecule has 5 nitrogen and oxygen atoms in total. The van der Waals surface area contributed by atoms with Gasteiger partial charge in [0.1, 0.15) is 6.10 Å². The second kappa shape index (κ2) is 66.1. The lowest BCUT2D eigenvalue weighted by Crippen LogP contribution is -2.48. The number of hydrogen-bond donors (Lipinski definition) is 4. The molecule has 0 aliphatic heterocycles. The maximum atomic E-state index is 12.6. The van der Waals surface area contributed by atoms with Crippen molar-refractivity contribution in [2.75, 3.05) is 6.61 Å².